The number of hydrogen-bond donors (Lipinski definition) is 0. The van der Waals surface area contributed by atoms with E-state index in [-0.39, 0.29) is 0 Å². The number of likely N-dealkylation sites (N-methyl/N-ethyl adjacent to an activating group) is 1. The molecule has 0 atom stereocenters. The highest BCUT2D eigenvalue weighted by molar-refractivity contribution is 5.77. The van der Waals surface area contributed by atoms with E-state index in [1.807, 2.05) is 12.3 Å². The first kappa shape index (κ1) is 9.97. The average Bonchev–Trinajstić information content (AvgIpc) is 2.22. The number of rotatable bonds is 1. The Bertz CT molecular complexity index is 430. The summed E-state index contributed by atoms with van der Waals surface area (Å²) in [4.78, 5) is 6.59. The molecule has 0 aromatic carbocycles. The Balaban J connectivity index is 2.42. The molecule has 0 fully saturated rings. The minimum absolute atomic E-state index is 0.987. The third-order valence-corrected chi connectivity index (χ3v) is 2.65. The smallest absolute Gasteiger partial charge is 0.0721 e. The molecule has 1 aromatic rings. The second-order valence-corrected chi connectivity index (χ2v) is 4.09. The molecule has 0 saturated heterocycles. The molecule has 0 amide bonds. The predicted molar refractivity (Wildman–Crippen MR) is 63.3 cm³/mol. The summed E-state index contributed by atoms with van der Waals surface area (Å²) >= 11 is 0. The van der Waals surface area contributed by atoms with Crippen molar-refractivity contribution in [3.8, 4) is 0 Å². The molecule has 78 valence electrons. The van der Waals surface area contributed by atoms with Crippen LogP contribution >= 0.6 is 0 Å². The average molecular weight is 200 g/mol. The second-order valence-electron chi connectivity index (χ2n) is 4.09. The van der Waals surface area contributed by atoms with E-state index in [0.29, 0.717) is 0 Å². The van der Waals surface area contributed by atoms with E-state index in [0.717, 1.165) is 12.2 Å². The van der Waals surface area contributed by atoms with Gasteiger partial charge in [-0.1, -0.05) is 6.08 Å². The van der Waals surface area contributed by atoms with Gasteiger partial charge in [-0.25, -0.2) is 0 Å². The molecule has 0 saturated carbocycles. The molecule has 0 unspecified atom stereocenters. The van der Waals surface area contributed by atoms with Crippen molar-refractivity contribution >= 4 is 5.57 Å². The van der Waals surface area contributed by atoms with Crippen molar-refractivity contribution in [1.82, 2.24) is 9.88 Å². The molecule has 1 aliphatic heterocycles. The van der Waals surface area contributed by atoms with Gasteiger partial charge in [-0.05, 0) is 37.1 Å². The summed E-state index contributed by atoms with van der Waals surface area (Å²) in [6, 6.07) is 4.15. The van der Waals surface area contributed by atoms with Crippen molar-refractivity contribution in [3.05, 3.63) is 47.4 Å². The molecule has 0 bridgehead atoms. The van der Waals surface area contributed by atoms with E-state index in [1.165, 1.54) is 16.7 Å². The van der Waals surface area contributed by atoms with Gasteiger partial charge >= 0.3 is 0 Å². The van der Waals surface area contributed by atoms with Crippen LogP contribution in [0.5, 0.6) is 0 Å². The lowest BCUT2D eigenvalue weighted by Crippen LogP contribution is -2.15. The van der Waals surface area contributed by atoms with Gasteiger partial charge in [0.05, 0.1) is 5.69 Å². The van der Waals surface area contributed by atoms with E-state index in [9.17, 15) is 0 Å². The third kappa shape index (κ3) is 2.09. The van der Waals surface area contributed by atoms with Crippen LogP contribution in [-0.2, 0) is 0 Å². The monoisotopic (exact) mass is 200 g/mol. The van der Waals surface area contributed by atoms with Gasteiger partial charge in [0.25, 0.3) is 0 Å². The second kappa shape index (κ2) is 3.89. The van der Waals surface area contributed by atoms with Crippen molar-refractivity contribution in [2.45, 2.75) is 13.8 Å². The zero-order chi connectivity index (χ0) is 10.8. The lowest BCUT2D eigenvalue weighted by atomic mass is 10.0. The molecule has 15 heavy (non-hydrogen) atoms. The Morgan fingerprint density at radius 1 is 1.33 bits per heavy atom. The van der Waals surface area contributed by atoms with E-state index in [1.54, 1.807) is 0 Å². The van der Waals surface area contributed by atoms with Crippen LogP contribution in [0.4, 0.5) is 0 Å². The molecule has 2 heterocycles. The fourth-order valence-corrected chi connectivity index (χ4v) is 1.72. The van der Waals surface area contributed by atoms with Crippen LogP contribution in [0, 0.1) is 6.92 Å². The quantitative estimate of drug-likeness (QED) is 0.692. The van der Waals surface area contributed by atoms with Crippen molar-refractivity contribution in [2.75, 3.05) is 13.6 Å². The first-order chi connectivity index (χ1) is 7.16. The molecule has 1 aromatic heterocycles. The van der Waals surface area contributed by atoms with Crippen LogP contribution in [0.15, 0.2) is 36.2 Å². The Morgan fingerprint density at radius 3 is 2.87 bits per heavy atom. The van der Waals surface area contributed by atoms with Crippen LogP contribution in [0.1, 0.15) is 18.2 Å². The van der Waals surface area contributed by atoms with Crippen LogP contribution in [0.2, 0.25) is 0 Å². The van der Waals surface area contributed by atoms with Gasteiger partial charge in [0, 0.05) is 31.6 Å². The Morgan fingerprint density at radius 2 is 2.13 bits per heavy atom. The zero-order valence-corrected chi connectivity index (χ0v) is 9.49. The van der Waals surface area contributed by atoms with Crippen molar-refractivity contribution < 1.29 is 0 Å². The Kier molecular flexibility index (Phi) is 2.58. The van der Waals surface area contributed by atoms with Gasteiger partial charge < -0.3 is 4.90 Å². The van der Waals surface area contributed by atoms with E-state index >= 15 is 0 Å². The van der Waals surface area contributed by atoms with Gasteiger partial charge in [0.2, 0.25) is 0 Å². The number of pyridine rings is 1. The van der Waals surface area contributed by atoms with Gasteiger partial charge in [-0.15, -0.1) is 0 Å². The topological polar surface area (TPSA) is 16.1 Å². The highest BCUT2D eigenvalue weighted by Gasteiger charge is 2.10. The molecular formula is C13H16N2. The van der Waals surface area contributed by atoms with Gasteiger partial charge in [-0.3, -0.25) is 4.98 Å². The van der Waals surface area contributed by atoms with Crippen LogP contribution in [-0.4, -0.2) is 23.5 Å². The van der Waals surface area contributed by atoms with Gasteiger partial charge in [-0.2, -0.15) is 0 Å². The first-order valence-corrected chi connectivity index (χ1v) is 5.19. The van der Waals surface area contributed by atoms with E-state index < -0.39 is 0 Å². The van der Waals surface area contributed by atoms with Crippen molar-refractivity contribution in [2.24, 2.45) is 0 Å². The molecule has 1 aliphatic rings. The fraction of sp³-hybridized carbons (Fsp3) is 0.308. The summed E-state index contributed by atoms with van der Waals surface area (Å²) in [7, 11) is 2.08. The SMILES string of the molecule is CC1=CCN(C)C=C1c1cc(C)ccn1. The molecule has 0 radical (unpaired) electrons. The summed E-state index contributed by atoms with van der Waals surface area (Å²) in [5.41, 5.74) is 4.86. The number of hydrogen-bond acceptors (Lipinski definition) is 2. The minimum Gasteiger partial charge on any atom is -0.376 e. The third-order valence-electron chi connectivity index (χ3n) is 2.65. The van der Waals surface area contributed by atoms with Crippen molar-refractivity contribution in [3.63, 3.8) is 0 Å². The molecular weight excluding hydrogens is 184 g/mol. The first-order valence-electron chi connectivity index (χ1n) is 5.19. The summed E-state index contributed by atoms with van der Waals surface area (Å²) in [5.74, 6) is 0. The highest BCUT2D eigenvalue weighted by Crippen LogP contribution is 2.24. The molecule has 2 nitrogen and oxygen atoms in total. The fourth-order valence-electron chi connectivity index (χ4n) is 1.72. The summed E-state index contributed by atoms with van der Waals surface area (Å²) in [6.07, 6.45) is 6.27. The summed E-state index contributed by atoms with van der Waals surface area (Å²) < 4.78 is 0. The molecule has 2 heteroatoms. The Labute approximate surface area is 90.9 Å². The number of aryl methyl sites for hydroxylation is 1. The lowest BCUT2D eigenvalue weighted by molar-refractivity contribution is 0.505. The van der Waals surface area contributed by atoms with E-state index in [4.69, 9.17) is 0 Å². The molecule has 2 rings (SSSR count). The van der Waals surface area contributed by atoms with Gasteiger partial charge in [0.15, 0.2) is 0 Å². The van der Waals surface area contributed by atoms with E-state index in [2.05, 4.69) is 49.1 Å². The lowest BCUT2D eigenvalue weighted by Gasteiger charge is -2.21. The normalized spacial score (nSPS) is 16.1. The van der Waals surface area contributed by atoms with Crippen molar-refractivity contribution in [1.29, 1.82) is 0 Å². The molecule has 0 spiro atoms. The largest absolute Gasteiger partial charge is 0.376 e. The van der Waals surface area contributed by atoms with Crippen LogP contribution in [0.25, 0.3) is 5.57 Å². The maximum atomic E-state index is 4.41. The highest BCUT2D eigenvalue weighted by atomic mass is 15.1. The number of aromatic nitrogens is 1. The molecule has 0 aliphatic carbocycles. The zero-order valence-electron chi connectivity index (χ0n) is 9.49. The number of nitrogens with zero attached hydrogens (tertiary/aromatic N) is 2. The van der Waals surface area contributed by atoms with Gasteiger partial charge in [0.1, 0.15) is 0 Å². The van der Waals surface area contributed by atoms with Crippen LogP contribution < -0.4 is 0 Å². The predicted octanol–water partition coefficient (Wildman–Crippen LogP) is 2.62. The standard InChI is InChI=1S/C13H16N2/c1-10-4-6-14-13(8-10)12-9-15(3)7-5-11(12)2/h4-6,8-9H,7H2,1-3H3. The minimum atomic E-state index is 0.987. The Hall–Kier alpha value is -1.57. The summed E-state index contributed by atoms with van der Waals surface area (Å²) in [5, 5.41) is 0. The number of allylic oxidation sites excluding steroid dienone is 2. The maximum absolute atomic E-state index is 4.41. The maximum Gasteiger partial charge on any atom is 0.0721 e. The van der Waals surface area contributed by atoms with Crippen LogP contribution in [0.3, 0.4) is 0 Å². The summed E-state index contributed by atoms with van der Waals surface area (Å²) in [6.45, 7) is 5.22. The molecule has 0 N–H and O–H groups in total.